The highest BCUT2D eigenvalue weighted by atomic mass is 35.5. The molecule has 0 spiro atoms. The Balaban J connectivity index is 0.000000223. The number of hydrogen-bond donors (Lipinski definition) is 2. The van der Waals surface area contributed by atoms with E-state index in [2.05, 4.69) is 32.4 Å². The Morgan fingerprint density at radius 2 is 1.92 bits per heavy atom. The van der Waals surface area contributed by atoms with Gasteiger partial charge in [0.25, 0.3) is 11.6 Å². The SMILES string of the molecule is C=NNC(=O)COc1ccc(Cl)cc1.Cc1ccc(Sc2n[nH]c(-c3ccccc3)n2)c([N+](=O)[O-])c1. The van der Waals surface area contributed by atoms with Gasteiger partial charge in [0, 0.05) is 23.4 Å². The molecule has 1 heterocycles. The maximum Gasteiger partial charge on any atom is 0.283 e. The van der Waals surface area contributed by atoms with Crippen molar-refractivity contribution < 1.29 is 14.5 Å². The van der Waals surface area contributed by atoms with Crippen molar-refractivity contribution in [1.82, 2.24) is 20.6 Å². The van der Waals surface area contributed by atoms with Crippen LogP contribution < -0.4 is 10.2 Å². The van der Waals surface area contributed by atoms with E-state index in [1.165, 1.54) is 11.8 Å². The van der Waals surface area contributed by atoms with Gasteiger partial charge in [0.2, 0.25) is 5.16 Å². The van der Waals surface area contributed by atoms with Crippen LogP contribution in [0.2, 0.25) is 5.02 Å². The molecule has 1 amide bonds. The highest BCUT2D eigenvalue weighted by Crippen LogP contribution is 2.34. The molecule has 0 atom stereocenters. The van der Waals surface area contributed by atoms with Gasteiger partial charge in [0.1, 0.15) is 5.75 Å². The van der Waals surface area contributed by atoms with Crippen LogP contribution >= 0.6 is 23.4 Å². The predicted molar refractivity (Wildman–Crippen MR) is 138 cm³/mol. The number of aromatic amines is 1. The zero-order chi connectivity index (χ0) is 25.9. The summed E-state index contributed by atoms with van der Waals surface area (Å²) in [5, 5.41) is 22.4. The van der Waals surface area contributed by atoms with Gasteiger partial charge in [0.05, 0.1) is 9.82 Å². The van der Waals surface area contributed by atoms with Crippen molar-refractivity contribution in [2.24, 2.45) is 5.10 Å². The van der Waals surface area contributed by atoms with Gasteiger partial charge in [-0.3, -0.25) is 20.0 Å². The summed E-state index contributed by atoms with van der Waals surface area (Å²) in [6.45, 7) is 4.84. The number of rotatable bonds is 8. The molecule has 3 aromatic carbocycles. The van der Waals surface area contributed by atoms with E-state index in [-0.39, 0.29) is 23.1 Å². The fourth-order valence-electron chi connectivity index (χ4n) is 2.77. The standard InChI is InChI=1S/C15H12N4O2S.C9H9ClN2O2/c1-10-7-8-13(12(9-10)19(20)21)22-15-16-14(17-18-15)11-5-3-2-4-6-11;1-11-12-9(13)6-14-8-4-2-7(10)3-5-8/h2-9H,1H3,(H,16,17,18);2-5H,1,6H2,(H,12,13). The number of nitrogens with one attached hydrogen (secondary N) is 2. The molecule has 10 nitrogen and oxygen atoms in total. The van der Waals surface area contributed by atoms with Crippen molar-refractivity contribution in [3.05, 3.63) is 93.5 Å². The summed E-state index contributed by atoms with van der Waals surface area (Å²) in [7, 11) is 0. The van der Waals surface area contributed by atoms with Crippen LogP contribution in [0.25, 0.3) is 11.4 Å². The van der Waals surface area contributed by atoms with Gasteiger partial charge >= 0.3 is 0 Å². The molecule has 0 saturated carbocycles. The van der Waals surface area contributed by atoms with Gasteiger partial charge in [-0.05, 0) is 54.6 Å². The minimum atomic E-state index is -0.389. The number of ether oxygens (including phenoxy) is 1. The third-order valence-corrected chi connectivity index (χ3v) is 5.59. The number of hydrogen-bond acceptors (Lipinski definition) is 8. The lowest BCUT2D eigenvalue weighted by Crippen LogP contribution is -2.23. The van der Waals surface area contributed by atoms with Crippen LogP contribution in [0.5, 0.6) is 5.75 Å². The molecule has 184 valence electrons. The normalized spacial score (nSPS) is 10.1. The van der Waals surface area contributed by atoms with Gasteiger partial charge in [-0.15, -0.1) is 5.10 Å². The fraction of sp³-hybridized carbons (Fsp3) is 0.0833. The maximum atomic E-state index is 11.1. The van der Waals surface area contributed by atoms with E-state index in [0.717, 1.165) is 11.1 Å². The molecule has 0 saturated heterocycles. The number of H-pyrrole nitrogens is 1. The largest absolute Gasteiger partial charge is 0.484 e. The van der Waals surface area contributed by atoms with E-state index in [1.807, 2.05) is 43.3 Å². The van der Waals surface area contributed by atoms with E-state index in [1.54, 1.807) is 36.4 Å². The lowest BCUT2D eigenvalue weighted by atomic mass is 10.2. The minimum Gasteiger partial charge on any atom is -0.484 e. The molecule has 0 aliphatic heterocycles. The average Bonchev–Trinajstić information content (AvgIpc) is 3.34. The van der Waals surface area contributed by atoms with Crippen molar-refractivity contribution in [3.8, 4) is 17.1 Å². The number of amides is 1. The van der Waals surface area contributed by atoms with Gasteiger partial charge in [-0.25, -0.2) is 10.4 Å². The number of benzene rings is 3. The number of aromatic nitrogens is 3. The van der Waals surface area contributed by atoms with Crippen molar-refractivity contribution in [2.45, 2.75) is 17.0 Å². The number of carbonyl (C=O) groups is 1. The first-order chi connectivity index (χ1) is 17.4. The summed E-state index contributed by atoms with van der Waals surface area (Å²) < 4.78 is 5.12. The molecule has 36 heavy (non-hydrogen) atoms. The van der Waals surface area contributed by atoms with E-state index in [0.29, 0.717) is 26.6 Å². The van der Waals surface area contributed by atoms with Crippen molar-refractivity contribution in [2.75, 3.05) is 6.61 Å². The molecular weight excluding hydrogens is 504 g/mol. The van der Waals surface area contributed by atoms with Crippen molar-refractivity contribution >= 4 is 41.7 Å². The van der Waals surface area contributed by atoms with Crippen LogP contribution in [0, 0.1) is 17.0 Å². The molecule has 2 N–H and O–H groups in total. The Bertz CT molecular complexity index is 1330. The van der Waals surface area contributed by atoms with Crippen LogP contribution in [0.1, 0.15) is 5.56 Å². The molecule has 4 rings (SSSR count). The zero-order valence-corrected chi connectivity index (χ0v) is 20.6. The summed E-state index contributed by atoms with van der Waals surface area (Å²) in [6, 6.07) is 21.4. The second-order valence-corrected chi connectivity index (χ2v) is 8.54. The van der Waals surface area contributed by atoms with E-state index < -0.39 is 0 Å². The van der Waals surface area contributed by atoms with Crippen LogP contribution in [-0.4, -0.2) is 39.3 Å². The molecule has 0 bridgehead atoms. The molecule has 0 aliphatic carbocycles. The molecule has 0 fully saturated rings. The first kappa shape index (κ1) is 26.4. The second kappa shape index (κ2) is 13.0. The second-order valence-electron chi connectivity index (χ2n) is 7.10. The van der Waals surface area contributed by atoms with Crippen LogP contribution in [0.15, 0.2) is 87.9 Å². The topological polar surface area (TPSA) is 135 Å². The molecule has 12 heteroatoms. The van der Waals surface area contributed by atoms with Crippen LogP contribution in [0.3, 0.4) is 0 Å². The Labute approximate surface area is 215 Å². The number of nitro benzene ring substituents is 1. The first-order valence-electron chi connectivity index (χ1n) is 10.4. The summed E-state index contributed by atoms with van der Waals surface area (Å²) in [5.74, 6) is 0.862. The fourth-order valence-corrected chi connectivity index (χ4v) is 3.70. The summed E-state index contributed by atoms with van der Waals surface area (Å²) in [6.07, 6.45) is 0. The lowest BCUT2D eigenvalue weighted by molar-refractivity contribution is -0.387. The Hall–Kier alpha value is -4.22. The highest BCUT2D eigenvalue weighted by Gasteiger charge is 2.17. The molecule has 0 radical (unpaired) electrons. The van der Waals surface area contributed by atoms with Gasteiger partial charge in [0.15, 0.2) is 12.4 Å². The smallest absolute Gasteiger partial charge is 0.283 e. The Kier molecular flexibility index (Phi) is 9.55. The molecule has 4 aromatic rings. The predicted octanol–water partition coefficient (Wildman–Crippen LogP) is 5.29. The summed E-state index contributed by atoms with van der Waals surface area (Å²) in [4.78, 5) is 26.5. The number of aryl methyl sites for hydroxylation is 1. The third kappa shape index (κ3) is 7.93. The van der Waals surface area contributed by atoms with Gasteiger partial charge in [-0.2, -0.15) is 5.10 Å². The Morgan fingerprint density at radius 1 is 1.19 bits per heavy atom. The molecule has 0 unspecified atom stereocenters. The third-order valence-electron chi connectivity index (χ3n) is 4.41. The van der Waals surface area contributed by atoms with Crippen molar-refractivity contribution in [1.29, 1.82) is 0 Å². The Morgan fingerprint density at radius 3 is 2.58 bits per heavy atom. The zero-order valence-electron chi connectivity index (χ0n) is 19.1. The first-order valence-corrected chi connectivity index (χ1v) is 11.6. The van der Waals surface area contributed by atoms with Gasteiger partial charge < -0.3 is 4.74 Å². The number of hydrazone groups is 1. The van der Waals surface area contributed by atoms with E-state index in [4.69, 9.17) is 16.3 Å². The number of carbonyl (C=O) groups excluding carboxylic acids is 1. The minimum absolute atomic E-state index is 0.0658. The van der Waals surface area contributed by atoms with E-state index >= 15 is 0 Å². The monoisotopic (exact) mass is 524 g/mol. The molecule has 1 aromatic heterocycles. The number of nitrogens with zero attached hydrogens (tertiary/aromatic N) is 4. The molecular formula is C24H21ClN6O4S. The average molecular weight is 525 g/mol. The summed E-state index contributed by atoms with van der Waals surface area (Å²) in [5.41, 5.74) is 3.98. The number of halogens is 1. The summed E-state index contributed by atoms with van der Waals surface area (Å²) >= 11 is 6.84. The molecule has 0 aliphatic rings. The lowest BCUT2D eigenvalue weighted by Gasteiger charge is -2.04. The highest BCUT2D eigenvalue weighted by molar-refractivity contribution is 7.99. The maximum absolute atomic E-state index is 11.1. The van der Waals surface area contributed by atoms with Crippen LogP contribution in [0.4, 0.5) is 5.69 Å². The quantitative estimate of drug-likeness (QED) is 0.181. The number of nitro groups is 1. The van der Waals surface area contributed by atoms with E-state index in [9.17, 15) is 14.9 Å². The van der Waals surface area contributed by atoms with Gasteiger partial charge in [-0.1, -0.05) is 48.0 Å². The van der Waals surface area contributed by atoms with Crippen LogP contribution in [-0.2, 0) is 4.79 Å². The van der Waals surface area contributed by atoms with Crippen molar-refractivity contribution in [3.63, 3.8) is 0 Å².